The summed E-state index contributed by atoms with van der Waals surface area (Å²) in [5.74, 6) is -3.92. The maximum Gasteiger partial charge on any atom is 0.255 e. The average molecular weight is 426 g/mol. The number of benzene rings is 2. The van der Waals surface area contributed by atoms with Crippen molar-refractivity contribution < 1.29 is 26.4 Å². The zero-order valence-electron chi connectivity index (χ0n) is 15.8. The fourth-order valence-electron chi connectivity index (χ4n) is 3.44. The Morgan fingerprint density at radius 2 is 1.79 bits per heavy atom. The molecule has 0 radical (unpaired) electrons. The van der Waals surface area contributed by atoms with Crippen LogP contribution in [0.4, 0.5) is 18.9 Å². The number of rotatable bonds is 5. The van der Waals surface area contributed by atoms with Crippen LogP contribution >= 0.6 is 0 Å². The van der Waals surface area contributed by atoms with E-state index in [4.69, 9.17) is 0 Å². The van der Waals surface area contributed by atoms with Crippen molar-refractivity contribution in [3.63, 3.8) is 0 Å². The van der Waals surface area contributed by atoms with Crippen molar-refractivity contribution in [3.8, 4) is 0 Å². The van der Waals surface area contributed by atoms with Gasteiger partial charge in [-0.2, -0.15) is 4.31 Å². The molecule has 1 unspecified atom stereocenters. The number of sulfonamides is 1. The molecule has 0 aliphatic carbocycles. The molecule has 29 heavy (non-hydrogen) atoms. The molecule has 5 nitrogen and oxygen atoms in total. The second-order valence-electron chi connectivity index (χ2n) is 6.90. The summed E-state index contributed by atoms with van der Waals surface area (Å²) in [7, 11) is -4.13. The molecule has 0 bridgehead atoms. The van der Waals surface area contributed by atoms with Crippen LogP contribution in [0.2, 0.25) is 0 Å². The van der Waals surface area contributed by atoms with E-state index in [0.29, 0.717) is 25.8 Å². The maximum absolute atomic E-state index is 14.4. The van der Waals surface area contributed by atoms with Crippen LogP contribution in [0, 0.1) is 17.5 Å². The zero-order chi connectivity index (χ0) is 21.2. The van der Waals surface area contributed by atoms with E-state index in [1.54, 1.807) is 0 Å². The zero-order valence-corrected chi connectivity index (χ0v) is 16.6. The number of anilines is 1. The lowest BCUT2D eigenvalue weighted by atomic mass is 10.0. The van der Waals surface area contributed by atoms with Crippen molar-refractivity contribution in [2.75, 3.05) is 11.9 Å². The number of halogens is 3. The van der Waals surface area contributed by atoms with Gasteiger partial charge in [0.2, 0.25) is 10.0 Å². The van der Waals surface area contributed by atoms with Gasteiger partial charge in [-0.1, -0.05) is 13.3 Å². The molecular formula is C20H21F3N2O3S. The Morgan fingerprint density at radius 1 is 1.07 bits per heavy atom. The number of nitrogens with zero attached hydrogens (tertiary/aromatic N) is 1. The van der Waals surface area contributed by atoms with E-state index < -0.39 is 38.3 Å². The minimum Gasteiger partial charge on any atom is -0.322 e. The van der Waals surface area contributed by atoms with Gasteiger partial charge in [-0.3, -0.25) is 4.79 Å². The lowest BCUT2D eigenvalue weighted by Crippen LogP contribution is -2.43. The van der Waals surface area contributed by atoms with Gasteiger partial charge in [0.25, 0.3) is 5.91 Å². The quantitative estimate of drug-likeness (QED) is 0.775. The topological polar surface area (TPSA) is 66.5 Å². The number of hydrogen-bond donors (Lipinski definition) is 1. The molecule has 1 saturated heterocycles. The van der Waals surface area contributed by atoms with Crippen molar-refractivity contribution in [2.24, 2.45) is 0 Å². The van der Waals surface area contributed by atoms with Gasteiger partial charge in [0.15, 0.2) is 11.6 Å². The van der Waals surface area contributed by atoms with E-state index >= 15 is 0 Å². The fraction of sp³-hybridized carbons (Fsp3) is 0.350. The van der Waals surface area contributed by atoms with Crippen molar-refractivity contribution in [1.82, 2.24) is 4.31 Å². The molecule has 1 aliphatic heterocycles. The van der Waals surface area contributed by atoms with Gasteiger partial charge in [-0.15, -0.1) is 0 Å². The highest BCUT2D eigenvalue weighted by Gasteiger charge is 2.34. The third kappa shape index (κ3) is 4.45. The molecule has 1 fully saturated rings. The van der Waals surface area contributed by atoms with Crippen molar-refractivity contribution in [1.29, 1.82) is 0 Å². The molecule has 1 amide bonds. The molecule has 1 heterocycles. The third-order valence-corrected chi connectivity index (χ3v) is 6.97. The van der Waals surface area contributed by atoms with Gasteiger partial charge in [0.05, 0.1) is 0 Å². The van der Waals surface area contributed by atoms with E-state index in [0.717, 1.165) is 42.8 Å². The summed E-state index contributed by atoms with van der Waals surface area (Å²) in [5.41, 5.74) is -0.121. The van der Waals surface area contributed by atoms with Crippen molar-refractivity contribution in [3.05, 3.63) is 59.4 Å². The number of piperidine rings is 1. The average Bonchev–Trinajstić information content (AvgIpc) is 2.70. The van der Waals surface area contributed by atoms with Crippen LogP contribution in [0.25, 0.3) is 0 Å². The Morgan fingerprint density at radius 3 is 2.48 bits per heavy atom. The maximum atomic E-state index is 14.4. The van der Waals surface area contributed by atoms with Gasteiger partial charge in [-0.05, 0) is 49.6 Å². The third-order valence-electron chi connectivity index (χ3n) is 5.00. The summed E-state index contributed by atoms with van der Waals surface area (Å²) in [6.45, 7) is 2.17. The number of carbonyl (C=O) groups excluding carboxylic acids is 1. The summed E-state index contributed by atoms with van der Waals surface area (Å²) in [6, 6.07) is 5.63. The van der Waals surface area contributed by atoms with Crippen LogP contribution < -0.4 is 5.32 Å². The Hall–Kier alpha value is -2.39. The number of hydrogen-bond acceptors (Lipinski definition) is 3. The molecule has 0 aromatic heterocycles. The molecule has 1 aliphatic rings. The highest BCUT2D eigenvalue weighted by molar-refractivity contribution is 7.89. The standard InChI is InChI=1S/C20H21F3N2O3S/c1-2-15-5-3-4-10-25(15)29(27,28)19-11-13(6-8-17(19)22)20(26)24-14-7-9-16(21)18(23)12-14/h6-9,11-12,15H,2-5,10H2,1H3,(H,24,26). The van der Waals surface area contributed by atoms with Crippen molar-refractivity contribution in [2.45, 2.75) is 43.5 Å². The molecule has 2 aromatic rings. The summed E-state index contributed by atoms with van der Waals surface area (Å²) in [5, 5.41) is 2.35. The first kappa shape index (κ1) is 21.3. The Labute approximate surface area is 167 Å². The molecule has 2 aromatic carbocycles. The summed E-state index contributed by atoms with van der Waals surface area (Å²) < 4.78 is 68.2. The predicted molar refractivity (Wildman–Crippen MR) is 103 cm³/mol. The summed E-state index contributed by atoms with van der Waals surface area (Å²) in [6.07, 6.45) is 2.90. The number of amides is 1. The Bertz CT molecular complexity index is 1030. The van der Waals surface area contributed by atoms with Crippen LogP contribution in [0.3, 0.4) is 0 Å². The molecule has 1 atom stereocenters. The molecule has 0 saturated carbocycles. The highest BCUT2D eigenvalue weighted by Crippen LogP contribution is 2.29. The van der Waals surface area contributed by atoms with E-state index in [2.05, 4.69) is 5.32 Å². The fourth-order valence-corrected chi connectivity index (χ4v) is 5.30. The largest absolute Gasteiger partial charge is 0.322 e. The summed E-state index contributed by atoms with van der Waals surface area (Å²) in [4.78, 5) is 11.9. The first-order chi connectivity index (χ1) is 13.7. The van der Waals surface area contributed by atoms with E-state index in [-0.39, 0.29) is 17.3 Å². The number of carbonyl (C=O) groups is 1. The van der Waals surface area contributed by atoms with Gasteiger partial charge < -0.3 is 5.32 Å². The van der Waals surface area contributed by atoms with Crippen LogP contribution in [0.5, 0.6) is 0 Å². The molecule has 0 spiro atoms. The Balaban J connectivity index is 1.90. The van der Waals surface area contributed by atoms with Gasteiger partial charge >= 0.3 is 0 Å². The SMILES string of the molecule is CCC1CCCCN1S(=O)(=O)c1cc(C(=O)Nc2ccc(F)c(F)c2)ccc1F. The molecule has 9 heteroatoms. The molecule has 156 valence electrons. The van der Waals surface area contributed by atoms with Gasteiger partial charge in [0.1, 0.15) is 10.7 Å². The Kier molecular flexibility index (Phi) is 6.28. The smallest absolute Gasteiger partial charge is 0.255 e. The van der Waals surface area contributed by atoms with Crippen molar-refractivity contribution >= 4 is 21.6 Å². The lowest BCUT2D eigenvalue weighted by Gasteiger charge is -2.34. The predicted octanol–water partition coefficient (Wildman–Crippen LogP) is 4.31. The van der Waals surface area contributed by atoms with Gasteiger partial charge in [0, 0.05) is 29.9 Å². The second kappa shape index (κ2) is 8.54. The first-order valence-electron chi connectivity index (χ1n) is 9.32. The minimum atomic E-state index is -4.13. The normalized spacial score (nSPS) is 17.9. The first-order valence-corrected chi connectivity index (χ1v) is 10.8. The highest BCUT2D eigenvalue weighted by atomic mass is 32.2. The van der Waals surface area contributed by atoms with Crippen LogP contribution in [-0.4, -0.2) is 31.2 Å². The van der Waals surface area contributed by atoms with Crippen LogP contribution in [-0.2, 0) is 10.0 Å². The van der Waals surface area contributed by atoms with Crippen LogP contribution in [0.1, 0.15) is 43.0 Å². The number of nitrogens with one attached hydrogen (secondary N) is 1. The minimum absolute atomic E-state index is 0.00953. The van der Waals surface area contributed by atoms with Crippen LogP contribution in [0.15, 0.2) is 41.3 Å². The lowest BCUT2D eigenvalue weighted by molar-refractivity contribution is 0.102. The van der Waals surface area contributed by atoms with E-state index in [9.17, 15) is 26.4 Å². The second-order valence-corrected chi connectivity index (χ2v) is 8.76. The van der Waals surface area contributed by atoms with E-state index in [1.165, 1.54) is 4.31 Å². The molecular weight excluding hydrogens is 405 g/mol. The summed E-state index contributed by atoms with van der Waals surface area (Å²) >= 11 is 0. The van der Waals surface area contributed by atoms with E-state index in [1.807, 2.05) is 6.92 Å². The monoisotopic (exact) mass is 426 g/mol. The molecule has 1 N–H and O–H groups in total. The molecule has 3 rings (SSSR count). The van der Waals surface area contributed by atoms with Gasteiger partial charge in [-0.25, -0.2) is 21.6 Å².